The lowest BCUT2D eigenvalue weighted by Gasteiger charge is -2.09. The maximum atomic E-state index is 10.6. The average Bonchev–Trinajstić information content (AvgIpc) is 2.26. The van der Waals surface area contributed by atoms with Crippen molar-refractivity contribution >= 4 is 17.6 Å². The Morgan fingerprint density at radius 1 is 1.25 bits per heavy atom. The van der Waals surface area contributed by atoms with E-state index >= 15 is 0 Å². The lowest BCUT2D eigenvalue weighted by atomic mass is 10.1. The molecule has 5 heteroatoms. The van der Waals surface area contributed by atoms with Gasteiger partial charge in [0.05, 0.1) is 11.5 Å². The molecule has 0 aliphatic heterocycles. The normalized spacial score (nSPS) is 11.8. The molecule has 0 aliphatic carbocycles. The fraction of sp³-hybridized carbons (Fsp3) is 0.273. The first kappa shape index (κ1) is 12.0. The topological polar surface area (TPSA) is 86.6 Å². The van der Waals surface area contributed by atoms with Crippen LogP contribution in [-0.4, -0.2) is 28.7 Å². The first-order chi connectivity index (χ1) is 7.50. The van der Waals surface area contributed by atoms with Crippen molar-refractivity contribution in [3.05, 3.63) is 29.8 Å². The van der Waals surface area contributed by atoms with Gasteiger partial charge in [-0.3, -0.25) is 4.79 Å². The van der Waals surface area contributed by atoms with Crippen LogP contribution in [0.1, 0.15) is 17.3 Å². The van der Waals surface area contributed by atoms with Crippen LogP contribution in [0.4, 0.5) is 5.69 Å². The molecule has 0 fully saturated rings. The van der Waals surface area contributed by atoms with Gasteiger partial charge in [0.15, 0.2) is 0 Å². The molecule has 0 saturated carbocycles. The first-order valence-electron chi connectivity index (χ1n) is 4.80. The van der Waals surface area contributed by atoms with Crippen molar-refractivity contribution in [2.24, 2.45) is 5.92 Å². The van der Waals surface area contributed by atoms with E-state index in [1.807, 2.05) is 0 Å². The number of hydrogen-bond donors (Lipinski definition) is 3. The van der Waals surface area contributed by atoms with Crippen LogP contribution in [0.5, 0.6) is 0 Å². The van der Waals surface area contributed by atoms with Gasteiger partial charge >= 0.3 is 11.9 Å². The molecule has 1 aromatic rings. The van der Waals surface area contributed by atoms with Gasteiger partial charge in [-0.1, -0.05) is 6.92 Å². The van der Waals surface area contributed by atoms with Gasteiger partial charge in [-0.15, -0.1) is 0 Å². The first-order valence-corrected chi connectivity index (χ1v) is 4.80. The summed E-state index contributed by atoms with van der Waals surface area (Å²) in [7, 11) is 0. The zero-order valence-corrected chi connectivity index (χ0v) is 8.80. The Labute approximate surface area is 92.7 Å². The van der Waals surface area contributed by atoms with Crippen molar-refractivity contribution in [2.45, 2.75) is 6.92 Å². The van der Waals surface area contributed by atoms with Gasteiger partial charge in [-0.2, -0.15) is 0 Å². The largest absolute Gasteiger partial charge is 0.481 e. The smallest absolute Gasteiger partial charge is 0.335 e. The summed E-state index contributed by atoms with van der Waals surface area (Å²) in [6.07, 6.45) is 0. The van der Waals surface area contributed by atoms with Crippen molar-refractivity contribution < 1.29 is 19.8 Å². The van der Waals surface area contributed by atoms with E-state index in [2.05, 4.69) is 5.32 Å². The standard InChI is InChI=1S/C11H13NO4/c1-7(10(13)14)6-12-9-4-2-8(3-5-9)11(15)16/h2-5,7,12H,6H2,1H3,(H,13,14)(H,15,16). The van der Waals surface area contributed by atoms with Crippen molar-refractivity contribution in [1.29, 1.82) is 0 Å². The summed E-state index contributed by atoms with van der Waals surface area (Å²) < 4.78 is 0. The second-order valence-corrected chi connectivity index (χ2v) is 3.50. The molecule has 1 aromatic carbocycles. The molecule has 5 nitrogen and oxygen atoms in total. The molecule has 1 rings (SSSR count). The Morgan fingerprint density at radius 2 is 1.81 bits per heavy atom. The van der Waals surface area contributed by atoms with Gasteiger partial charge in [-0.25, -0.2) is 4.79 Å². The Bertz CT molecular complexity index is 385. The summed E-state index contributed by atoms with van der Waals surface area (Å²) in [4.78, 5) is 21.1. The van der Waals surface area contributed by atoms with E-state index in [0.717, 1.165) is 0 Å². The number of nitrogens with one attached hydrogen (secondary N) is 1. The zero-order chi connectivity index (χ0) is 12.1. The molecule has 1 unspecified atom stereocenters. The minimum absolute atomic E-state index is 0.205. The average molecular weight is 223 g/mol. The van der Waals surface area contributed by atoms with E-state index < -0.39 is 17.9 Å². The molecule has 3 N–H and O–H groups in total. The molecule has 16 heavy (non-hydrogen) atoms. The van der Waals surface area contributed by atoms with E-state index in [0.29, 0.717) is 12.2 Å². The third kappa shape index (κ3) is 3.27. The number of hydrogen-bond acceptors (Lipinski definition) is 3. The molecule has 86 valence electrons. The van der Waals surface area contributed by atoms with E-state index in [9.17, 15) is 9.59 Å². The highest BCUT2D eigenvalue weighted by atomic mass is 16.4. The number of rotatable bonds is 5. The summed E-state index contributed by atoms with van der Waals surface area (Å²) in [6, 6.07) is 6.16. The predicted molar refractivity (Wildman–Crippen MR) is 58.7 cm³/mol. The van der Waals surface area contributed by atoms with Crippen molar-refractivity contribution in [3.8, 4) is 0 Å². The van der Waals surface area contributed by atoms with Gasteiger partial charge in [-0.05, 0) is 24.3 Å². The van der Waals surface area contributed by atoms with Gasteiger partial charge in [0.2, 0.25) is 0 Å². The van der Waals surface area contributed by atoms with Crippen LogP contribution in [0.3, 0.4) is 0 Å². The molecular weight excluding hydrogens is 210 g/mol. The van der Waals surface area contributed by atoms with E-state index in [1.54, 1.807) is 19.1 Å². The molecule has 1 atom stereocenters. The van der Waals surface area contributed by atoms with E-state index in [-0.39, 0.29) is 5.56 Å². The second kappa shape index (κ2) is 5.16. The fourth-order valence-corrected chi connectivity index (χ4v) is 1.09. The number of carboxylic acid groups (broad SMARTS) is 2. The number of carboxylic acids is 2. The van der Waals surface area contributed by atoms with Crippen molar-refractivity contribution in [2.75, 3.05) is 11.9 Å². The van der Waals surface area contributed by atoms with Crippen LogP contribution in [0.15, 0.2) is 24.3 Å². The Balaban J connectivity index is 2.56. The minimum atomic E-state index is -0.981. The van der Waals surface area contributed by atoms with Crippen LogP contribution in [0, 0.1) is 5.92 Å². The number of aliphatic carboxylic acids is 1. The maximum Gasteiger partial charge on any atom is 0.335 e. The molecule has 0 spiro atoms. The SMILES string of the molecule is CC(CNc1ccc(C(=O)O)cc1)C(=O)O. The molecule has 0 aliphatic rings. The number of aromatic carboxylic acids is 1. The molecular formula is C11H13NO4. The van der Waals surface area contributed by atoms with Crippen LogP contribution in [-0.2, 0) is 4.79 Å². The molecule has 0 radical (unpaired) electrons. The monoisotopic (exact) mass is 223 g/mol. The van der Waals surface area contributed by atoms with Crippen LogP contribution in [0.25, 0.3) is 0 Å². The van der Waals surface area contributed by atoms with Gasteiger partial charge in [0, 0.05) is 12.2 Å². The Morgan fingerprint density at radius 3 is 2.25 bits per heavy atom. The zero-order valence-electron chi connectivity index (χ0n) is 8.80. The highest BCUT2D eigenvalue weighted by molar-refractivity contribution is 5.88. The van der Waals surface area contributed by atoms with Crippen LogP contribution < -0.4 is 5.32 Å². The summed E-state index contributed by atoms with van der Waals surface area (Å²) in [5, 5.41) is 20.2. The molecule has 0 aromatic heterocycles. The van der Waals surface area contributed by atoms with Crippen molar-refractivity contribution in [3.63, 3.8) is 0 Å². The van der Waals surface area contributed by atoms with Gasteiger partial charge in [0.1, 0.15) is 0 Å². The number of anilines is 1. The molecule has 0 heterocycles. The van der Waals surface area contributed by atoms with E-state index in [4.69, 9.17) is 10.2 Å². The van der Waals surface area contributed by atoms with Gasteiger partial charge < -0.3 is 15.5 Å². The third-order valence-electron chi connectivity index (χ3n) is 2.17. The summed E-state index contributed by atoms with van der Waals surface area (Å²) >= 11 is 0. The lowest BCUT2D eigenvalue weighted by Crippen LogP contribution is -2.19. The fourth-order valence-electron chi connectivity index (χ4n) is 1.09. The van der Waals surface area contributed by atoms with E-state index in [1.165, 1.54) is 12.1 Å². The molecule has 0 saturated heterocycles. The highest BCUT2D eigenvalue weighted by Gasteiger charge is 2.10. The summed E-state index contributed by atoms with van der Waals surface area (Å²) in [6.45, 7) is 1.91. The predicted octanol–water partition coefficient (Wildman–Crippen LogP) is 1.52. The second-order valence-electron chi connectivity index (χ2n) is 3.50. The Hall–Kier alpha value is -2.04. The minimum Gasteiger partial charge on any atom is -0.481 e. The summed E-state index contributed by atoms with van der Waals surface area (Å²) in [5.41, 5.74) is 0.912. The lowest BCUT2D eigenvalue weighted by molar-refractivity contribution is -0.140. The number of carbonyl (C=O) groups is 2. The third-order valence-corrected chi connectivity index (χ3v) is 2.17. The number of benzene rings is 1. The molecule has 0 amide bonds. The highest BCUT2D eigenvalue weighted by Crippen LogP contribution is 2.10. The van der Waals surface area contributed by atoms with Crippen molar-refractivity contribution in [1.82, 2.24) is 0 Å². The maximum absolute atomic E-state index is 10.6. The molecule has 0 bridgehead atoms. The Kier molecular flexibility index (Phi) is 3.88. The van der Waals surface area contributed by atoms with Crippen LogP contribution >= 0.6 is 0 Å². The van der Waals surface area contributed by atoms with Gasteiger partial charge in [0.25, 0.3) is 0 Å². The summed E-state index contributed by atoms with van der Waals surface area (Å²) in [5.74, 6) is -2.33. The quantitative estimate of drug-likeness (QED) is 0.704. The van der Waals surface area contributed by atoms with Crippen LogP contribution in [0.2, 0.25) is 0 Å².